The number of benzene rings is 2. The van der Waals surface area contributed by atoms with Gasteiger partial charge in [0.2, 0.25) is 0 Å². The average molecular weight is 368 g/mol. The summed E-state index contributed by atoms with van der Waals surface area (Å²) in [6, 6.07) is 14.6. The molecule has 3 N–H and O–H groups in total. The van der Waals surface area contributed by atoms with Crippen LogP contribution < -0.4 is 5.73 Å². The average Bonchev–Trinajstić information content (AvgIpc) is 2.67. The summed E-state index contributed by atoms with van der Waals surface area (Å²) in [4.78, 5) is 20.5. The number of aromatic nitrogens is 1. The van der Waals surface area contributed by atoms with Crippen molar-refractivity contribution in [1.29, 1.82) is 0 Å². The molecule has 26 heavy (non-hydrogen) atoms. The van der Waals surface area contributed by atoms with Crippen LogP contribution in [0.3, 0.4) is 0 Å². The summed E-state index contributed by atoms with van der Waals surface area (Å²) in [5.74, 6) is -0.471. The van der Waals surface area contributed by atoms with E-state index in [4.69, 9.17) is 17.3 Å². The van der Waals surface area contributed by atoms with Crippen LogP contribution in [-0.2, 0) is 6.42 Å². The highest BCUT2D eigenvalue weighted by atomic mass is 35.5. The Hall–Kier alpha value is -2.92. The topological polar surface area (TPSA) is 88.6 Å². The SMILES string of the molecule is CCc1ccc2nc(-c3ccc(N=C(N)CCl)cc3)cc(C(=O)O)c2c1. The number of fused-ring (bicyclic) bond motifs is 1. The first kappa shape index (κ1) is 17.9. The molecule has 132 valence electrons. The van der Waals surface area contributed by atoms with Crippen molar-refractivity contribution in [3.63, 3.8) is 0 Å². The van der Waals surface area contributed by atoms with Crippen molar-refractivity contribution in [2.24, 2.45) is 10.7 Å². The highest BCUT2D eigenvalue weighted by molar-refractivity contribution is 6.28. The maximum absolute atomic E-state index is 11.7. The molecular formula is C20H18ClN3O2. The number of pyridine rings is 1. The maximum atomic E-state index is 11.7. The molecule has 0 saturated heterocycles. The van der Waals surface area contributed by atoms with Gasteiger partial charge in [-0.05, 0) is 42.3 Å². The second-order valence-electron chi connectivity index (χ2n) is 5.85. The molecule has 1 aromatic heterocycles. The number of alkyl halides is 1. The first-order valence-corrected chi connectivity index (χ1v) is 8.71. The number of carboxylic acids is 1. The van der Waals surface area contributed by atoms with Gasteiger partial charge in [0.25, 0.3) is 0 Å². The number of hydrogen-bond donors (Lipinski definition) is 2. The van der Waals surface area contributed by atoms with Gasteiger partial charge in [0.15, 0.2) is 0 Å². The summed E-state index contributed by atoms with van der Waals surface area (Å²) in [6.45, 7) is 2.03. The molecule has 0 aliphatic rings. The zero-order valence-corrected chi connectivity index (χ0v) is 15.0. The predicted octanol–water partition coefficient (Wildman–Crippen LogP) is 4.39. The maximum Gasteiger partial charge on any atom is 0.336 e. The molecule has 0 saturated carbocycles. The summed E-state index contributed by atoms with van der Waals surface area (Å²) in [5.41, 5.74) is 9.69. The Morgan fingerprint density at radius 2 is 1.92 bits per heavy atom. The number of nitrogens with zero attached hydrogens (tertiary/aromatic N) is 2. The van der Waals surface area contributed by atoms with Gasteiger partial charge in [0.1, 0.15) is 5.84 Å². The van der Waals surface area contributed by atoms with Crippen molar-refractivity contribution in [1.82, 2.24) is 4.98 Å². The van der Waals surface area contributed by atoms with Gasteiger partial charge >= 0.3 is 5.97 Å². The number of rotatable bonds is 5. The van der Waals surface area contributed by atoms with Crippen LogP contribution in [0.4, 0.5) is 5.69 Å². The lowest BCUT2D eigenvalue weighted by Gasteiger charge is -2.09. The van der Waals surface area contributed by atoms with Crippen LogP contribution >= 0.6 is 11.6 Å². The van der Waals surface area contributed by atoms with E-state index in [1.165, 1.54) is 0 Å². The Bertz CT molecular complexity index is 998. The van der Waals surface area contributed by atoms with Crippen LogP contribution in [0.1, 0.15) is 22.8 Å². The number of halogens is 1. The van der Waals surface area contributed by atoms with Crippen molar-refractivity contribution in [2.45, 2.75) is 13.3 Å². The molecule has 0 unspecified atom stereocenters. The van der Waals surface area contributed by atoms with E-state index in [1.807, 2.05) is 37.3 Å². The van der Waals surface area contributed by atoms with E-state index < -0.39 is 5.97 Å². The van der Waals surface area contributed by atoms with Gasteiger partial charge < -0.3 is 10.8 Å². The fraction of sp³-hybridized carbons (Fsp3) is 0.150. The molecule has 6 heteroatoms. The third kappa shape index (κ3) is 3.68. The van der Waals surface area contributed by atoms with Crippen LogP contribution in [0.15, 0.2) is 53.5 Å². The first-order chi connectivity index (χ1) is 12.5. The Kier molecular flexibility index (Phi) is 5.19. The Labute approximate surface area is 156 Å². The van der Waals surface area contributed by atoms with Crippen molar-refractivity contribution < 1.29 is 9.90 Å². The van der Waals surface area contributed by atoms with Crippen LogP contribution in [0, 0.1) is 0 Å². The third-order valence-electron chi connectivity index (χ3n) is 4.08. The highest BCUT2D eigenvalue weighted by Gasteiger charge is 2.13. The molecule has 3 aromatic rings. The van der Waals surface area contributed by atoms with E-state index in [9.17, 15) is 9.90 Å². The summed E-state index contributed by atoms with van der Waals surface area (Å²) in [6.07, 6.45) is 0.837. The quantitative estimate of drug-likeness (QED) is 0.397. The lowest BCUT2D eigenvalue weighted by atomic mass is 10.0. The summed E-state index contributed by atoms with van der Waals surface area (Å²) in [7, 11) is 0. The number of hydrogen-bond acceptors (Lipinski definition) is 3. The van der Waals surface area contributed by atoms with E-state index in [1.54, 1.807) is 18.2 Å². The second kappa shape index (κ2) is 7.54. The fourth-order valence-corrected chi connectivity index (χ4v) is 2.78. The number of aliphatic imine (C=N–C) groups is 1. The van der Waals surface area contributed by atoms with Gasteiger partial charge in [-0.1, -0.05) is 25.1 Å². The number of aromatic carboxylic acids is 1. The number of amidine groups is 1. The van der Waals surface area contributed by atoms with E-state index in [0.717, 1.165) is 17.5 Å². The van der Waals surface area contributed by atoms with Crippen molar-refractivity contribution in [3.05, 3.63) is 59.7 Å². The van der Waals surface area contributed by atoms with Crippen LogP contribution in [0.2, 0.25) is 0 Å². The molecule has 0 amide bonds. The molecule has 0 atom stereocenters. The van der Waals surface area contributed by atoms with Gasteiger partial charge in [0.05, 0.1) is 28.3 Å². The van der Waals surface area contributed by atoms with Crippen molar-refractivity contribution in [2.75, 3.05) is 5.88 Å². The Morgan fingerprint density at radius 3 is 2.54 bits per heavy atom. The number of carboxylic acid groups (broad SMARTS) is 1. The molecule has 5 nitrogen and oxygen atoms in total. The monoisotopic (exact) mass is 367 g/mol. The summed E-state index contributed by atoms with van der Waals surface area (Å²) in [5, 5.41) is 10.3. The molecular weight excluding hydrogens is 350 g/mol. The van der Waals surface area contributed by atoms with Crippen LogP contribution in [-0.4, -0.2) is 27.8 Å². The Balaban J connectivity index is 2.09. The minimum Gasteiger partial charge on any atom is -0.478 e. The van der Waals surface area contributed by atoms with Crippen molar-refractivity contribution in [3.8, 4) is 11.3 Å². The molecule has 3 rings (SSSR count). The number of carbonyl (C=O) groups is 1. The molecule has 0 bridgehead atoms. The zero-order chi connectivity index (χ0) is 18.7. The van der Waals surface area contributed by atoms with Crippen LogP contribution in [0.5, 0.6) is 0 Å². The minimum atomic E-state index is -0.969. The van der Waals surface area contributed by atoms with E-state index in [0.29, 0.717) is 28.1 Å². The molecule has 0 fully saturated rings. The van der Waals surface area contributed by atoms with E-state index in [-0.39, 0.29) is 11.4 Å². The first-order valence-electron chi connectivity index (χ1n) is 8.18. The van der Waals surface area contributed by atoms with Crippen molar-refractivity contribution >= 4 is 40.0 Å². The predicted molar refractivity (Wildman–Crippen MR) is 106 cm³/mol. The molecule has 0 aliphatic heterocycles. The highest BCUT2D eigenvalue weighted by Crippen LogP contribution is 2.27. The van der Waals surface area contributed by atoms with E-state index in [2.05, 4.69) is 9.98 Å². The zero-order valence-electron chi connectivity index (χ0n) is 14.2. The smallest absolute Gasteiger partial charge is 0.336 e. The summed E-state index contributed by atoms with van der Waals surface area (Å²) < 4.78 is 0. The molecule has 0 radical (unpaired) electrons. The standard InChI is InChI=1S/C20H18ClN3O2/c1-2-12-3-8-17-15(9-12)16(20(25)26)10-18(24-17)13-4-6-14(7-5-13)23-19(22)11-21/h3-10H,2,11H2,1H3,(H2,22,23)(H,25,26). The van der Waals surface area contributed by atoms with Gasteiger partial charge in [0, 0.05) is 10.9 Å². The lowest BCUT2D eigenvalue weighted by Crippen LogP contribution is -2.12. The lowest BCUT2D eigenvalue weighted by molar-refractivity contribution is 0.0699. The van der Waals surface area contributed by atoms with E-state index >= 15 is 0 Å². The largest absolute Gasteiger partial charge is 0.478 e. The van der Waals surface area contributed by atoms with Crippen LogP contribution in [0.25, 0.3) is 22.2 Å². The summed E-state index contributed by atoms with van der Waals surface area (Å²) >= 11 is 5.63. The molecule has 1 heterocycles. The fourth-order valence-electron chi connectivity index (χ4n) is 2.72. The van der Waals surface area contributed by atoms with Gasteiger partial charge in [-0.25, -0.2) is 14.8 Å². The Morgan fingerprint density at radius 1 is 1.19 bits per heavy atom. The number of aryl methyl sites for hydroxylation is 1. The second-order valence-corrected chi connectivity index (χ2v) is 6.12. The van der Waals surface area contributed by atoms with Gasteiger partial charge in [-0.15, -0.1) is 11.6 Å². The number of nitrogens with two attached hydrogens (primary N) is 1. The third-order valence-corrected chi connectivity index (χ3v) is 4.36. The molecule has 2 aromatic carbocycles. The van der Waals surface area contributed by atoms with Gasteiger partial charge in [-0.3, -0.25) is 0 Å². The minimum absolute atomic E-state index is 0.162. The molecule has 0 spiro atoms. The normalized spacial score (nSPS) is 11.7. The molecule has 0 aliphatic carbocycles. The van der Waals surface area contributed by atoms with Gasteiger partial charge in [-0.2, -0.15) is 0 Å².